The largest absolute Gasteiger partial charge is 0.288 e. The standard InChI is InChI=1S/C16H13ClN4O2/c17-12-6-7-14-13(8-12)16(11-4-2-1-3-5-11)21(23)9-15(20-14)18-10-19-22/h1-8,23H,9-10H2/b18-15-. The zero-order valence-electron chi connectivity index (χ0n) is 12.1. The predicted octanol–water partition coefficient (Wildman–Crippen LogP) is 1.94. The molecular formula is C16H13ClN4O2. The molecule has 0 aliphatic carbocycles. The molecule has 1 heterocycles. The van der Waals surface area contributed by atoms with E-state index in [2.05, 4.69) is 15.2 Å². The maximum Gasteiger partial charge on any atom is 0.173 e. The number of benzene rings is 2. The Morgan fingerprint density at radius 3 is 2.74 bits per heavy atom. The van der Waals surface area contributed by atoms with Crippen LogP contribution in [0.4, 0.5) is 0 Å². The Bertz CT molecular complexity index is 881. The average molecular weight is 329 g/mol. The van der Waals surface area contributed by atoms with Crippen LogP contribution in [0.3, 0.4) is 0 Å². The van der Waals surface area contributed by atoms with Crippen LogP contribution in [0.1, 0.15) is 5.56 Å². The quantitative estimate of drug-likeness (QED) is 0.875. The molecule has 0 fully saturated rings. The molecule has 3 rings (SSSR count). The van der Waals surface area contributed by atoms with Crippen molar-refractivity contribution in [3.63, 3.8) is 0 Å². The van der Waals surface area contributed by atoms with Crippen LogP contribution in [-0.2, 0) is 0 Å². The van der Waals surface area contributed by atoms with Gasteiger partial charge in [0.1, 0.15) is 12.4 Å². The predicted molar refractivity (Wildman–Crippen MR) is 87.8 cm³/mol. The Hall–Kier alpha value is -2.57. The van der Waals surface area contributed by atoms with Gasteiger partial charge in [0.2, 0.25) is 0 Å². The fourth-order valence-corrected chi connectivity index (χ4v) is 2.59. The molecule has 6 nitrogen and oxygen atoms in total. The summed E-state index contributed by atoms with van der Waals surface area (Å²) in [5, 5.41) is 16.1. The van der Waals surface area contributed by atoms with Gasteiger partial charge >= 0.3 is 0 Å². The number of aliphatic imine (C=N–C) groups is 1. The summed E-state index contributed by atoms with van der Waals surface area (Å²) in [5.74, 6) is 0.321. The SMILES string of the molecule is O=NC/N=C1/CN(O)C(c2ccccc2)=c2cc(Cl)ccc2=N1. The topological polar surface area (TPSA) is 77.6 Å². The molecule has 2 aromatic rings. The molecule has 2 aromatic carbocycles. The minimum absolute atomic E-state index is 0.0477. The summed E-state index contributed by atoms with van der Waals surface area (Å²) in [4.78, 5) is 18.7. The summed E-state index contributed by atoms with van der Waals surface area (Å²) < 4.78 is 0. The van der Waals surface area contributed by atoms with E-state index in [4.69, 9.17) is 11.6 Å². The van der Waals surface area contributed by atoms with Crippen LogP contribution >= 0.6 is 11.6 Å². The van der Waals surface area contributed by atoms with Crippen molar-refractivity contribution >= 4 is 23.1 Å². The number of hydrogen-bond donors (Lipinski definition) is 1. The van der Waals surface area contributed by atoms with Gasteiger partial charge in [-0.3, -0.25) is 5.21 Å². The van der Waals surface area contributed by atoms with E-state index >= 15 is 0 Å². The van der Waals surface area contributed by atoms with E-state index in [0.717, 1.165) is 10.6 Å². The minimum atomic E-state index is -0.240. The van der Waals surface area contributed by atoms with Crippen molar-refractivity contribution in [1.29, 1.82) is 0 Å². The summed E-state index contributed by atoms with van der Waals surface area (Å²) in [6, 6.07) is 14.7. The lowest BCUT2D eigenvalue weighted by Gasteiger charge is -2.19. The lowest BCUT2D eigenvalue weighted by atomic mass is 10.1. The maximum atomic E-state index is 10.5. The number of halogens is 1. The summed E-state index contributed by atoms with van der Waals surface area (Å²) in [5.41, 5.74) is 1.40. The number of amidine groups is 1. The average Bonchev–Trinajstić information content (AvgIpc) is 2.69. The number of fused-ring (bicyclic) bond motifs is 1. The van der Waals surface area contributed by atoms with E-state index in [-0.39, 0.29) is 13.2 Å². The van der Waals surface area contributed by atoms with Gasteiger partial charge in [0.05, 0.1) is 11.1 Å². The highest BCUT2D eigenvalue weighted by Gasteiger charge is 2.17. The van der Waals surface area contributed by atoms with E-state index in [0.29, 0.717) is 27.1 Å². The molecular weight excluding hydrogens is 316 g/mol. The molecule has 0 amide bonds. The number of nitrogens with zero attached hydrogens (tertiary/aromatic N) is 4. The van der Waals surface area contributed by atoms with Gasteiger partial charge in [-0.2, -0.15) is 0 Å². The molecule has 0 saturated carbocycles. The lowest BCUT2D eigenvalue weighted by molar-refractivity contribution is -0.0120. The number of rotatable bonds is 3. The minimum Gasteiger partial charge on any atom is -0.288 e. The molecule has 0 saturated heterocycles. The molecule has 0 unspecified atom stereocenters. The Kier molecular flexibility index (Phi) is 4.45. The molecule has 0 bridgehead atoms. The van der Waals surface area contributed by atoms with Crippen molar-refractivity contribution < 1.29 is 5.21 Å². The zero-order chi connectivity index (χ0) is 16.2. The van der Waals surface area contributed by atoms with E-state index in [1.165, 1.54) is 0 Å². The van der Waals surface area contributed by atoms with Gasteiger partial charge in [0.25, 0.3) is 0 Å². The summed E-state index contributed by atoms with van der Waals surface area (Å²) >= 11 is 6.11. The first-order valence-electron chi connectivity index (χ1n) is 6.92. The van der Waals surface area contributed by atoms with Crippen LogP contribution in [0.15, 0.2) is 63.7 Å². The lowest BCUT2D eigenvalue weighted by Crippen LogP contribution is -2.31. The molecule has 1 aliphatic rings. The van der Waals surface area contributed by atoms with Crippen molar-refractivity contribution in [1.82, 2.24) is 5.06 Å². The third kappa shape index (κ3) is 3.28. The highest BCUT2D eigenvalue weighted by Crippen LogP contribution is 2.16. The summed E-state index contributed by atoms with van der Waals surface area (Å²) in [7, 11) is 0. The van der Waals surface area contributed by atoms with Crippen molar-refractivity contribution in [2.24, 2.45) is 15.2 Å². The zero-order valence-corrected chi connectivity index (χ0v) is 12.8. The molecule has 1 aliphatic heterocycles. The first-order chi connectivity index (χ1) is 11.2. The van der Waals surface area contributed by atoms with Crippen molar-refractivity contribution in [3.05, 3.63) is 74.6 Å². The Morgan fingerprint density at radius 2 is 2.00 bits per heavy atom. The van der Waals surface area contributed by atoms with E-state index < -0.39 is 0 Å². The van der Waals surface area contributed by atoms with Gasteiger partial charge in [-0.25, -0.2) is 15.0 Å². The van der Waals surface area contributed by atoms with Crippen LogP contribution in [0.25, 0.3) is 5.70 Å². The highest BCUT2D eigenvalue weighted by molar-refractivity contribution is 6.30. The van der Waals surface area contributed by atoms with E-state index in [1.807, 2.05) is 30.3 Å². The fourth-order valence-electron chi connectivity index (χ4n) is 2.42. The molecule has 116 valence electrons. The smallest absolute Gasteiger partial charge is 0.173 e. The van der Waals surface area contributed by atoms with Crippen LogP contribution in [0.5, 0.6) is 0 Å². The molecule has 0 aromatic heterocycles. The molecule has 23 heavy (non-hydrogen) atoms. The third-order valence-electron chi connectivity index (χ3n) is 3.37. The van der Waals surface area contributed by atoms with Gasteiger partial charge in [0, 0.05) is 15.8 Å². The Morgan fingerprint density at radius 1 is 1.22 bits per heavy atom. The first kappa shape index (κ1) is 15.3. The van der Waals surface area contributed by atoms with Gasteiger partial charge in [0.15, 0.2) is 6.67 Å². The normalized spacial score (nSPS) is 15.8. The molecule has 0 radical (unpaired) electrons. The Labute approximate surface area is 137 Å². The van der Waals surface area contributed by atoms with Crippen LogP contribution < -0.4 is 10.6 Å². The van der Waals surface area contributed by atoms with Gasteiger partial charge in [-0.15, -0.1) is 4.91 Å². The van der Waals surface area contributed by atoms with Gasteiger partial charge < -0.3 is 0 Å². The second-order valence-corrected chi connectivity index (χ2v) is 5.33. The molecule has 7 heteroatoms. The second-order valence-electron chi connectivity index (χ2n) is 4.89. The monoisotopic (exact) mass is 328 g/mol. The molecule has 0 atom stereocenters. The highest BCUT2D eigenvalue weighted by atomic mass is 35.5. The fraction of sp³-hybridized carbons (Fsp3) is 0.125. The maximum absolute atomic E-state index is 10.5. The first-order valence-corrected chi connectivity index (χ1v) is 7.29. The van der Waals surface area contributed by atoms with Crippen molar-refractivity contribution in [2.75, 3.05) is 13.2 Å². The molecule has 0 spiro atoms. The van der Waals surface area contributed by atoms with Gasteiger partial charge in [-0.05, 0) is 23.4 Å². The summed E-state index contributed by atoms with van der Waals surface area (Å²) in [6.45, 7) is -0.192. The van der Waals surface area contributed by atoms with Crippen molar-refractivity contribution in [2.45, 2.75) is 0 Å². The van der Waals surface area contributed by atoms with Crippen LogP contribution in [-0.4, -0.2) is 29.3 Å². The third-order valence-corrected chi connectivity index (χ3v) is 3.61. The Balaban J connectivity index is 2.32. The summed E-state index contributed by atoms with van der Waals surface area (Å²) in [6.07, 6.45) is 0. The molecule has 1 N–H and O–H groups in total. The second kappa shape index (κ2) is 6.68. The number of nitroso groups, excluding NO2 is 1. The van der Waals surface area contributed by atoms with Crippen LogP contribution in [0, 0.1) is 4.91 Å². The van der Waals surface area contributed by atoms with E-state index in [9.17, 15) is 10.1 Å². The van der Waals surface area contributed by atoms with E-state index in [1.54, 1.807) is 18.2 Å². The van der Waals surface area contributed by atoms with Crippen molar-refractivity contribution in [3.8, 4) is 0 Å². The number of hydroxylamine groups is 2. The van der Waals surface area contributed by atoms with Gasteiger partial charge in [-0.1, -0.05) is 41.9 Å². The number of hydrogen-bond acceptors (Lipinski definition) is 5. The van der Waals surface area contributed by atoms with Crippen LogP contribution in [0.2, 0.25) is 5.02 Å².